The van der Waals surface area contributed by atoms with Crippen molar-refractivity contribution in [3.8, 4) is 0 Å². The maximum absolute atomic E-state index is 12.5. The van der Waals surface area contributed by atoms with E-state index in [9.17, 15) is 4.79 Å². The molecule has 2 aromatic carbocycles. The van der Waals surface area contributed by atoms with Crippen LogP contribution < -0.4 is 10.6 Å². The maximum Gasteiger partial charge on any atom is 0.270 e. The van der Waals surface area contributed by atoms with Gasteiger partial charge in [0, 0.05) is 23.3 Å². The van der Waals surface area contributed by atoms with Crippen LogP contribution in [0.1, 0.15) is 33.0 Å². The summed E-state index contributed by atoms with van der Waals surface area (Å²) < 4.78 is 0. The number of hydrogen-bond donors (Lipinski definition) is 2. The van der Waals surface area contributed by atoms with Gasteiger partial charge in [-0.05, 0) is 49.6 Å². The van der Waals surface area contributed by atoms with Crippen LogP contribution in [-0.4, -0.2) is 15.9 Å². The molecule has 0 radical (unpaired) electrons. The average Bonchev–Trinajstić information content (AvgIpc) is 2.64. The highest BCUT2D eigenvalue weighted by molar-refractivity contribution is 6.30. The molecule has 0 aliphatic carbocycles. The number of carbonyl (C=O) groups excluding carboxylic acids is 1. The van der Waals surface area contributed by atoms with Crippen LogP contribution in [0.25, 0.3) is 0 Å². The molecule has 138 valence electrons. The standard InChI is InChI=1S/C21H21ClN4O/c1-13-5-4-6-14(2)20(13)26-19-11-18(24-15(3)25-19)21(27)23-12-16-7-9-17(22)10-8-16/h4-11H,12H2,1-3H3,(H,23,27)(H,24,25,26). The molecule has 0 fully saturated rings. The Balaban J connectivity index is 1.76. The smallest absolute Gasteiger partial charge is 0.270 e. The van der Waals surface area contributed by atoms with Gasteiger partial charge in [-0.3, -0.25) is 4.79 Å². The third kappa shape index (κ3) is 4.83. The highest BCUT2D eigenvalue weighted by atomic mass is 35.5. The second-order valence-corrected chi connectivity index (χ2v) is 6.82. The van der Waals surface area contributed by atoms with E-state index in [4.69, 9.17) is 11.6 Å². The number of amides is 1. The van der Waals surface area contributed by atoms with E-state index in [1.54, 1.807) is 25.1 Å². The number of halogens is 1. The zero-order valence-corrected chi connectivity index (χ0v) is 16.3. The molecule has 1 aromatic heterocycles. The van der Waals surface area contributed by atoms with Gasteiger partial charge in [-0.2, -0.15) is 0 Å². The molecule has 5 nitrogen and oxygen atoms in total. The summed E-state index contributed by atoms with van der Waals surface area (Å²) in [6.45, 7) is 6.23. The zero-order chi connectivity index (χ0) is 19.4. The van der Waals surface area contributed by atoms with E-state index in [1.165, 1.54) is 0 Å². The Morgan fingerprint density at radius 3 is 2.33 bits per heavy atom. The van der Waals surface area contributed by atoms with Crippen LogP contribution >= 0.6 is 11.6 Å². The van der Waals surface area contributed by atoms with Crippen molar-refractivity contribution >= 4 is 29.0 Å². The number of para-hydroxylation sites is 1. The molecular formula is C21H21ClN4O. The minimum atomic E-state index is -0.250. The van der Waals surface area contributed by atoms with Crippen LogP contribution in [-0.2, 0) is 6.54 Å². The van der Waals surface area contributed by atoms with Gasteiger partial charge in [0.05, 0.1) is 0 Å². The molecule has 2 N–H and O–H groups in total. The summed E-state index contributed by atoms with van der Waals surface area (Å²) in [7, 11) is 0. The lowest BCUT2D eigenvalue weighted by Crippen LogP contribution is -2.24. The van der Waals surface area contributed by atoms with E-state index in [0.717, 1.165) is 22.4 Å². The van der Waals surface area contributed by atoms with Gasteiger partial charge in [0.2, 0.25) is 0 Å². The van der Waals surface area contributed by atoms with Gasteiger partial charge in [0.1, 0.15) is 17.3 Å². The summed E-state index contributed by atoms with van der Waals surface area (Å²) in [6, 6.07) is 15.1. The Kier molecular flexibility index (Phi) is 5.72. The molecule has 0 spiro atoms. The molecule has 0 aliphatic rings. The Morgan fingerprint density at radius 2 is 1.67 bits per heavy atom. The maximum atomic E-state index is 12.5. The largest absolute Gasteiger partial charge is 0.347 e. The summed E-state index contributed by atoms with van der Waals surface area (Å²) in [5.74, 6) is 0.874. The quantitative estimate of drug-likeness (QED) is 0.671. The zero-order valence-electron chi connectivity index (χ0n) is 15.5. The summed E-state index contributed by atoms with van der Waals surface area (Å²) in [5.41, 5.74) is 4.50. The van der Waals surface area contributed by atoms with E-state index in [-0.39, 0.29) is 5.91 Å². The predicted octanol–water partition coefficient (Wildman–Crippen LogP) is 4.73. The summed E-state index contributed by atoms with van der Waals surface area (Å²) in [6.07, 6.45) is 0. The van der Waals surface area contributed by atoms with E-state index >= 15 is 0 Å². The van der Waals surface area contributed by atoms with Crippen molar-refractivity contribution in [1.29, 1.82) is 0 Å². The molecule has 27 heavy (non-hydrogen) atoms. The topological polar surface area (TPSA) is 66.9 Å². The SMILES string of the molecule is Cc1nc(Nc2c(C)cccc2C)cc(C(=O)NCc2ccc(Cl)cc2)n1. The molecule has 6 heteroatoms. The molecule has 3 aromatic rings. The van der Waals surface area contributed by atoms with Gasteiger partial charge >= 0.3 is 0 Å². The van der Waals surface area contributed by atoms with Crippen molar-refractivity contribution in [2.45, 2.75) is 27.3 Å². The minimum Gasteiger partial charge on any atom is -0.347 e. The molecule has 0 bridgehead atoms. The number of carbonyl (C=O) groups is 1. The molecular weight excluding hydrogens is 360 g/mol. The highest BCUT2D eigenvalue weighted by Crippen LogP contribution is 2.23. The van der Waals surface area contributed by atoms with E-state index in [1.807, 2.05) is 44.2 Å². The molecule has 1 heterocycles. The molecule has 0 unspecified atom stereocenters. The van der Waals surface area contributed by atoms with Gasteiger partial charge in [-0.1, -0.05) is 41.9 Å². The Labute approximate surface area is 163 Å². The van der Waals surface area contributed by atoms with Crippen LogP contribution in [0.15, 0.2) is 48.5 Å². The van der Waals surface area contributed by atoms with Crippen molar-refractivity contribution in [2.75, 3.05) is 5.32 Å². The van der Waals surface area contributed by atoms with Crippen molar-refractivity contribution in [3.05, 3.63) is 81.8 Å². The van der Waals surface area contributed by atoms with E-state index in [2.05, 4.69) is 20.6 Å². The van der Waals surface area contributed by atoms with Crippen molar-refractivity contribution in [1.82, 2.24) is 15.3 Å². The first kappa shape index (κ1) is 18.9. The molecule has 3 rings (SSSR count). The average molecular weight is 381 g/mol. The lowest BCUT2D eigenvalue weighted by molar-refractivity contribution is 0.0945. The Bertz CT molecular complexity index is 950. The van der Waals surface area contributed by atoms with Gasteiger partial charge in [-0.15, -0.1) is 0 Å². The number of benzene rings is 2. The number of nitrogens with zero attached hydrogens (tertiary/aromatic N) is 2. The lowest BCUT2D eigenvalue weighted by atomic mass is 10.1. The number of anilines is 2. The number of aromatic nitrogens is 2. The van der Waals surface area contributed by atoms with E-state index in [0.29, 0.717) is 28.9 Å². The second-order valence-electron chi connectivity index (χ2n) is 6.39. The fourth-order valence-electron chi connectivity index (χ4n) is 2.76. The van der Waals surface area contributed by atoms with Crippen molar-refractivity contribution in [2.24, 2.45) is 0 Å². The highest BCUT2D eigenvalue weighted by Gasteiger charge is 2.12. The molecule has 0 saturated carbocycles. The lowest BCUT2D eigenvalue weighted by Gasteiger charge is -2.13. The molecule has 1 amide bonds. The summed E-state index contributed by atoms with van der Waals surface area (Å²) >= 11 is 5.88. The van der Waals surface area contributed by atoms with Gasteiger partial charge < -0.3 is 10.6 Å². The second kappa shape index (κ2) is 8.18. The van der Waals surface area contributed by atoms with E-state index < -0.39 is 0 Å². The molecule has 0 saturated heterocycles. The number of hydrogen-bond acceptors (Lipinski definition) is 4. The van der Waals surface area contributed by atoms with Crippen LogP contribution in [0.2, 0.25) is 5.02 Å². The van der Waals surface area contributed by atoms with Gasteiger partial charge in [0.25, 0.3) is 5.91 Å². The Morgan fingerprint density at radius 1 is 1.00 bits per heavy atom. The van der Waals surface area contributed by atoms with Gasteiger partial charge in [0.15, 0.2) is 0 Å². The normalized spacial score (nSPS) is 10.5. The summed E-state index contributed by atoms with van der Waals surface area (Å²) in [4.78, 5) is 21.2. The van der Waals surface area contributed by atoms with Crippen molar-refractivity contribution < 1.29 is 4.79 Å². The fourth-order valence-corrected chi connectivity index (χ4v) is 2.89. The monoisotopic (exact) mass is 380 g/mol. The third-order valence-corrected chi connectivity index (χ3v) is 4.42. The number of nitrogens with one attached hydrogen (secondary N) is 2. The Hall–Kier alpha value is -2.92. The van der Waals surface area contributed by atoms with Crippen LogP contribution in [0, 0.1) is 20.8 Å². The van der Waals surface area contributed by atoms with Gasteiger partial charge in [-0.25, -0.2) is 9.97 Å². The third-order valence-electron chi connectivity index (χ3n) is 4.17. The first-order chi connectivity index (χ1) is 12.9. The number of rotatable bonds is 5. The van der Waals surface area contributed by atoms with Crippen LogP contribution in [0.3, 0.4) is 0 Å². The molecule has 0 atom stereocenters. The first-order valence-electron chi connectivity index (χ1n) is 8.64. The first-order valence-corrected chi connectivity index (χ1v) is 9.02. The minimum absolute atomic E-state index is 0.250. The van der Waals surface area contributed by atoms with Crippen LogP contribution in [0.5, 0.6) is 0 Å². The summed E-state index contributed by atoms with van der Waals surface area (Å²) in [5, 5.41) is 6.85. The van der Waals surface area contributed by atoms with Crippen molar-refractivity contribution in [3.63, 3.8) is 0 Å². The molecule has 0 aliphatic heterocycles. The van der Waals surface area contributed by atoms with Crippen LogP contribution in [0.4, 0.5) is 11.5 Å². The predicted molar refractivity (Wildman–Crippen MR) is 109 cm³/mol. The number of aryl methyl sites for hydroxylation is 3. The fraction of sp³-hybridized carbons (Fsp3) is 0.190.